The summed E-state index contributed by atoms with van der Waals surface area (Å²) in [6.45, 7) is 1.76. The van der Waals surface area contributed by atoms with Crippen molar-refractivity contribution in [1.29, 1.82) is 0 Å². The van der Waals surface area contributed by atoms with Crippen molar-refractivity contribution in [2.75, 3.05) is 5.32 Å². The third kappa shape index (κ3) is 5.54. The van der Waals surface area contributed by atoms with Crippen molar-refractivity contribution >= 4 is 45.9 Å². The number of halogens is 4. The Morgan fingerprint density at radius 1 is 1.13 bits per heavy atom. The number of anilines is 1. The molecule has 1 amide bonds. The molecule has 0 atom stereocenters. The molecular weight excluding hydrogens is 559 g/mol. The molecule has 14 heteroatoms. The summed E-state index contributed by atoms with van der Waals surface area (Å²) in [5, 5.41) is 19.9. The number of fused-ring (bicyclic) bond motifs is 1. The van der Waals surface area contributed by atoms with Crippen LogP contribution in [0.15, 0.2) is 66.0 Å². The van der Waals surface area contributed by atoms with E-state index in [0.717, 1.165) is 24.3 Å². The first-order valence-corrected chi connectivity index (χ1v) is 12.3. The van der Waals surface area contributed by atoms with Crippen LogP contribution in [0.1, 0.15) is 21.7 Å². The number of amides is 1. The number of nitro groups is 1. The molecule has 2 aromatic carbocycles. The minimum atomic E-state index is -4.78. The SMILES string of the molecule is Cc1cc(Oc2cc(NC(=O)c3cc4nc(-c5cccs5)cc(C(F)(F)F)n4n3)cc([N+](=O)[O-])c2)ccc1Cl. The molecule has 0 unspecified atom stereocenters. The second kappa shape index (κ2) is 10.0. The van der Waals surface area contributed by atoms with Crippen LogP contribution in [-0.2, 0) is 6.18 Å². The zero-order valence-corrected chi connectivity index (χ0v) is 21.3. The first kappa shape index (κ1) is 26.1. The summed E-state index contributed by atoms with van der Waals surface area (Å²) in [7, 11) is 0. The molecule has 3 heterocycles. The Balaban J connectivity index is 1.48. The average molecular weight is 574 g/mol. The van der Waals surface area contributed by atoms with E-state index in [0.29, 0.717) is 25.7 Å². The van der Waals surface area contributed by atoms with Gasteiger partial charge in [-0.05, 0) is 48.2 Å². The van der Waals surface area contributed by atoms with Crippen molar-refractivity contribution < 1.29 is 27.6 Å². The zero-order valence-electron chi connectivity index (χ0n) is 19.7. The molecule has 0 saturated carbocycles. The highest BCUT2D eigenvalue weighted by atomic mass is 35.5. The molecule has 5 aromatic rings. The van der Waals surface area contributed by atoms with Crippen LogP contribution in [0.2, 0.25) is 5.02 Å². The highest BCUT2D eigenvalue weighted by Crippen LogP contribution is 2.34. The number of thiophene rings is 1. The Bertz CT molecular complexity index is 1740. The summed E-state index contributed by atoms with van der Waals surface area (Å²) in [6.07, 6.45) is -4.78. The highest BCUT2D eigenvalue weighted by Gasteiger charge is 2.36. The first-order valence-electron chi connectivity index (χ1n) is 11.0. The molecule has 0 fully saturated rings. The molecule has 0 spiro atoms. The van der Waals surface area contributed by atoms with Crippen molar-refractivity contribution in [3.63, 3.8) is 0 Å². The van der Waals surface area contributed by atoms with Crippen LogP contribution < -0.4 is 10.1 Å². The fourth-order valence-electron chi connectivity index (χ4n) is 3.67. The predicted octanol–water partition coefficient (Wildman–Crippen LogP) is 7.39. The Hall–Kier alpha value is -4.49. The molecule has 0 saturated heterocycles. The van der Waals surface area contributed by atoms with Gasteiger partial charge >= 0.3 is 6.18 Å². The molecular formula is C25H15ClF3N5O4S. The number of carbonyl (C=O) groups excluding carboxylic acids is 1. The number of nitrogens with zero attached hydrogens (tertiary/aromatic N) is 4. The van der Waals surface area contributed by atoms with Gasteiger partial charge in [-0.15, -0.1) is 11.3 Å². The van der Waals surface area contributed by atoms with Crippen LogP contribution in [0.4, 0.5) is 24.5 Å². The quantitative estimate of drug-likeness (QED) is 0.167. The van der Waals surface area contributed by atoms with Gasteiger partial charge in [0.2, 0.25) is 0 Å². The lowest BCUT2D eigenvalue weighted by Gasteiger charge is -2.10. The number of nitrogens with one attached hydrogen (secondary N) is 1. The molecule has 9 nitrogen and oxygen atoms in total. The monoisotopic (exact) mass is 573 g/mol. The van der Waals surface area contributed by atoms with E-state index in [1.165, 1.54) is 17.4 Å². The van der Waals surface area contributed by atoms with Gasteiger partial charge in [0.15, 0.2) is 17.0 Å². The van der Waals surface area contributed by atoms with Gasteiger partial charge in [0.05, 0.1) is 27.2 Å². The van der Waals surface area contributed by atoms with Gasteiger partial charge in [0.25, 0.3) is 11.6 Å². The molecule has 3 aromatic heterocycles. The van der Waals surface area contributed by atoms with Gasteiger partial charge < -0.3 is 10.1 Å². The Labute approximate surface area is 226 Å². The number of alkyl halides is 3. The van der Waals surface area contributed by atoms with E-state index in [-0.39, 0.29) is 34.2 Å². The van der Waals surface area contributed by atoms with Crippen molar-refractivity contribution in [2.45, 2.75) is 13.1 Å². The van der Waals surface area contributed by atoms with Crippen LogP contribution in [0.3, 0.4) is 0 Å². The van der Waals surface area contributed by atoms with E-state index in [1.807, 2.05) is 0 Å². The fourth-order valence-corrected chi connectivity index (χ4v) is 4.47. The molecule has 1 N–H and O–H groups in total. The van der Waals surface area contributed by atoms with Gasteiger partial charge in [-0.25, -0.2) is 9.50 Å². The summed E-state index contributed by atoms with van der Waals surface area (Å²) in [6, 6.07) is 13.6. The third-order valence-electron chi connectivity index (χ3n) is 5.45. The van der Waals surface area contributed by atoms with Crippen LogP contribution in [0.25, 0.3) is 16.2 Å². The smallest absolute Gasteiger partial charge is 0.433 e. The van der Waals surface area contributed by atoms with Crippen LogP contribution in [-0.4, -0.2) is 25.4 Å². The molecule has 0 aliphatic rings. The molecule has 0 radical (unpaired) electrons. The van der Waals surface area contributed by atoms with Gasteiger partial charge in [-0.1, -0.05) is 17.7 Å². The summed E-state index contributed by atoms with van der Waals surface area (Å²) in [5.74, 6) is -0.514. The molecule has 0 aliphatic carbocycles. The number of hydrogen-bond donors (Lipinski definition) is 1. The lowest BCUT2D eigenvalue weighted by molar-refractivity contribution is -0.384. The normalized spacial score (nSPS) is 11.5. The number of benzene rings is 2. The van der Waals surface area contributed by atoms with Crippen LogP contribution in [0.5, 0.6) is 11.5 Å². The number of ether oxygens (including phenoxy) is 1. The van der Waals surface area contributed by atoms with Gasteiger partial charge in [0, 0.05) is 23.2 Å². The van der Waals surface area contributed by atoms with Gasteiger partial charge in [-0.3, -0.25) is 14.9 Å². The Morgan fingerprint density at radius 2 is 1.92 bits per heavy atom. The summed E-state index contributed by atoms with van der Waals surface area (Å²) >= 11 is 7.24. The van der Waals surface area contributed by atoms with Crippen molar-refractivity contribution in [2.24, 2.45) is 0 Å². The number of aryl methyl sites for hydroxylation is 1. The highest BCUT2D eigenvalue weighted by molar-refractivity contribution is 7.13. The largest absolute Gasteiger partial charge is 0.457 e. The summed E-state index contributed by atoms with van der Waals surface area (Å²) in [4.78, 5) is 28.5. The second-order valence-electron chi connectivity index (χ2n) is 8.24. The zero-order chi connectivity index (χ0) is 27.9. The number of rotatable bonds is 6. The number of nitro benzene ring substituents is 1. The van der Waals surface area contributed by atoms with E-state index in [4.69, 9.17) is 16.3 Å². The lowest BCUT2D eigenvalue weighted by atomic mass is 10.2. The van der Waals surface area contributed by atoms with E-state index >= 15 is 0 Å². The number of aromatic nitrogens is 3. The van der Waals surface area contributed by atoms with Crippen molar-refractivity contribution in [3.8, 4) is 22.1 Å². The predicted molar refractivity (Wildman–Crippen MR) is 139 cm³/mol. The third-order valence-corrected chi connectivity index (χ3v) is 6.77. The van der Waals surface area contributed by atoms with Gasteiger partial charge in [0.1, 0.15) is 11.5 Å². The maximum atomic E-state index is 13.8. The van der Waals surface area contributed by atoms with E-state index in [1.54, 1.807) is 42.6 Å². The maximum Gasteiger partial charge on any atom is 0.433 e. The van der Waals surface area contributed by atoms with Crippen LogP contribution in [0, 0.1) is 17.0 Å². The lowest BCUT2D eigenvalue weighted by Crippen LogP contribution is -2.15. The second-order valence-corrected chi connectivity index (χ2v) is 9.60. The van der Waals surface area contributed by atoms with E-state index in [9.17, 15) is 28.1 Å². The molecule has 0 bridgehead atoms. The standard InChI is InChI=1S/C25H15ClF3N5O4S/c1-13-7-16(4-5-18(13)26)38-17-9-14(8-15(10-17)34(36)37)30-24(35)20-12-23-31-19(21-3-2-6-39-21)11-22(25(27,28)29)33(23)32-20/h2-12H,1H3,(H,30,35). The van der Waals surface area contributed by atoms with Crippen LogP contribution >= 0.6 is 22.9 Å². The number of carbonyl (C=O) groups is 1. The molecule has 39 heavy (non-hydrogen) atoms. The first-order chi connectivity index (χ1) is 18.5. The maximum absolute atomic E-state index is 13.8. The van der Waals surface area contributed by atoms with Gasteiger partial charge in [-0.2, -0.15) is 18.3 Å². The number of non-ortho nitro benzene ring substituents is 1. The van der Waals surface area contributed by atoms with Crippen molar-refractivity contribution in [1.82, 2.24) is 14.6 Å². The Morgan fingerprint density at radius 3 is 2.59 bits per heavy atom. The molecule has 5 rings (SSSR count). The van der Waals surface area contributed by atoms with E-state index in [2.05, 4.69) is 15.4 Å². The van der Waals surface area contributed by atoms with E-state index < -0.39 is 22.7 Å². The summed E-state index contributed by atoms with van der Waals surface area (Å²) < 4.78 is 47.7. The minimum absolute atomic E-state index is 0.0322. The Kier molecular flexibility index (Phi) is 6.70. The average Bonchev–Trinajstić information content (AvgIpc) is 3.55. The summed E-state index contributed by atoms with van der Waals surface area (Å²) in [5.41, 5.74) is -1.30. The van der Waals surface area contributed by atoms with Crippen molar-refractivity contribution in [3.05, 3.63) is 98.1 Å². The fraction of sp³-hybridized carbons (Fsp3) is 0.0800. The minimum Gasteiger partial charge on any atom is -0.457 e. The topological polar surface area (TPSA) is 112 Å². The molecule has 0 aliphatic heterocycles. The molecule has 198 valence electrons. The number of hydrogen-bond acceptors (Lipinski definition) is 7.